The van der Waals surface area contributed by atoms with E-state index in [9.17, 15) is 14.4 Å². The Kier molecular flexibility index (Phi) is 6.93. The van der Waals surface area contributed by atoms with Crippen molar-refractivity contribution in [2.75, 3.05) is 11.9 Å². The maximum atomic E-state index is 13.7. The van der Waals surface area contributed by atoms with Crippen molar-refractivity contribution in [2.45, 2.75) is 26.3 Å². The first-order valence-corrected chi connectivity index (χ1v) is 11.1. The smallest absolute Gasteiger partial charge is 0.341 e. The minimum absolute atomic E-state index is 0.0268. The second kappa shape index (κ2) is 10.2. The molecule has 0 aliphatic carbocycles. The van der Waals surface area contributed by atoms with Gasteiger partial charge in [0, 0.05) is 12.4 Å². The summed E-state index contributed by atoms with van der Waals surface area (Å²) in [4.78, 5) is 51.3. The van der Waals surface area contributed by atoms with Crippen LogP contribution < -0.4 is 16.6 Å². The number of rotatable bonds is 7. The van der Waals surface area contributed by atoms with Gasteiger partial charge < -0.3 is 10.5 Å². The molecular formula is C25H24N6O4. The number of hydrogen-bond acceptors (Lipinski definition) is 8. The number of carbonyl (C=O) groups is 2. The number of nitrogens with two attached hydrogens (primary N) is 1. The Morgan fingerprint density at radius 1 is 1.06 bits per heavy atom. The first-order valence-electron chi connectivity index (χ1n) is 11.1. The lowest BCUT2D eigenvalue weighted by Crippen LogP contribution is -2.29. The minimum Gasteiger partial charge on any atom is -0.462 e. The zero-order valence-electron chi connectivity index (χ0n) is 19.3. The average Bonchev–Trinajstić information content (AvgIpc) is 2.88. The summed E-state index contributed by atoms with van der Waals surface area (Å²) in [6.45, 7) is 3.82. The Morgan fingerprint density at radius 2 is 1.77 bits per heavy atom. The predicted octanol–water partition coefficient (Wildman–Crippen LogP) is 3.01. The Bertz CT molecular complexity index is 1430. The van der Waals surface area contributed by atoms with E-state index >= 15 is 0 Å². The van der Waals surface area contributed by atoms with Crippen molar-refractivity contribution >= 4 is 28.7 Å². The summed E-state index contributed by atoms with van der Waals surface area (Å²) < 4.78 is 6.34. The molecule has 35 heavy (non-hydrogen) atoms. The highest BCUT2D eigenvalue weighted by Gasteiger charge is 2.21. The minimum atomic E-state index is -0.592. The zero-order valence-corrected chi connectivity index (χ0v) is 19.3. The van der Waals surface area contributed by atoms with Crippen LogP contribution in [-0.2, 0) is 4.74 Å². The van der Waals surface area contributed by atoms with Gasteiger partial charge in [-0.1, -0.05) is 31.2 Å². The molecule has 1 atom stereocenters. The molecule has 10 nitrogen and oxygen atoms in total. The van der Waals surface area contributed by atoms with E-state index in [2.05, 4.69) is 20.3 Å². The van der Waals surface area contributed by atoms with E-state index in [1.165, 1.54) is 23.0 Å². The van der Waals surface area contributed by atoms with Crippen molar-refractivity contribution in [3.05, 3.63) is 88.2 Å². The number of nitrogens with one attached hydrogen (secondary N) is 1. The molecule has 0 saturated carbocycles. The highest BCUT2D eigenvalue weighted by atomic mass is 16.5. The summed E-state index contributed by atoms with van der Waals surface area (Å²) in [6, 6.07) is 13.4. The van der Waals surface area contributed by atoms with E-state index in [0.717, 1.165) is 0 Å². The fraction of sp³-hybridized carbons (Fsp3) is 0.200. The van der Waals surface area contributed by atoms with Gasteiger partial charge >= 0.3 is 5.97 Å². The fourth-order valence-electron chi connectivity index (χ4n) is 3.58. The highest BCUT2D eigenvalue weighted by Crippen LogP contribution is 2.21. The van der Waals surface area contributed by atoms with Crippen molar-refractivity contribution in [1.29, 1.82) is 0 Å². The Balaban J connectivity index is 1.78. The fourth-order valence-corrected chi connectivity index (χ4v) is 3.58. The molecule has 4 rings (SSSR count). The van der Waals surface area contributed by atoms with E-state index in [0.29, 0.717) is 23.4 Å². The van der Waals surface area contributed by atoms with Crippen molar-refractivity contribution in [3.63, 3.8) is 0 Å². The average molecular weight is 473 g/mol. The number of esters is 1. The van der Waals surface area contributed by atoms with Crippen LogP contribution in [0.25, 0.3) is 16.6 Å². The number of fused-ring (bicyclic) bond motifs is 1. The van der Waals surface area contributed by atoms with Crippen molar-refractivity contribution in [1.82, 2.24) is 19.5 Å². The molecule has 0 saturated heterocycles. The predicted molar refractivity (Wildman–Crippen MR) is 131 cm³/mol. The van der Waals surface area contributed by atoms with E-state index in [1.54, 1.807) is 31.2 Å². The number of carbonyl (C=O) groups excluding carboxylic acids is 2. The maximum Gasteiger partial charge on any atom is 0.341 e. The van der Waals surface area contributed by atoms with Gasteiger partial charge in [-0.2, -0.15) is 0 Å². The summed E-state index contributed by atoms with van der Waals surface area (Å²) in [5, 5.41) is 2.71. The number of anilines is 1. The molecule has 0 bridgehead atoms. The number of benzene rings is 2. The zero-order chi connectivity index (χ0) is 24.9. The maximum absolute atomic E-state index is 13.7. The van der Waals surface area contributed by atoms with Crippen LogP contribution in [0.4, 0.5) is 5.95 Å². The molecule has 0 aliphatic rings. The van der Waals surface area contributed by atoms with Gasteiger partial charge in [-0.15, -0.1) is 0 Å². The topological polar surface area (TPSA) is 142 Å². The van der Waals surface area contributed by atoms with Crippen LogP contribution in [-0.4, -0.2) is 38.0 Å². The molecule has 2 aromatic carbocycles. The molecule has 0 spiro atoms. The third-order valence-corrected chi connectivity index (χ3v) is 5.34. The van der Waals surface area contributed by atoms with E-state index in [4.69, 9.17) is 10.5 Å². The van der Waals surface area contributed by atoms with Crippen molar-refractivity contribution < 1.29 is 14.3 Å². The summed E-state index contributed by atoms with van der Waals surface area (Å²) >= 11 is 0. The van der Waals surface area contributed by atoms with Gasteiger partial charge in [0.1, 0.15) is 5.82 Å². The first kappa shape index (κ1) is 23.7. The van der Waals surface area contributed by atoms with Gasteiger partial charge in [0.15, 0.2) is 0 Å². The largest absolute Gasteiger partial charge is 0.462 e. The molecule has 0 fully saturated rings. The van der Waals surface area contributed by atoms with Crippen LogP contribution in [0.15, 0.2) is 65.7 Å². The second-order valence-electron chi connectivity index (χ2n) is 7.63. The molecule has 178 valence electrons. The summed E-state index contributed by atoms with van der Waals surface area (Å²) in [5.74, 6) is -0.772. The van der Waals surface area contributed by atoms with Crippen LogP contribution in [0.3, 0.4) is 0 Å². The number of aromatic nitrogens is 4. The van der Waals surface area contributed by atoms with Crippen molar-refractivity contribution in [3.8, 4) is 5.69 Å². The van der Waals surface area contributed by atoms with Crippen LogP contribution in [0.5, 0.6) is 0 Å². The molecular weight excluding hydrogens is 448 g/mol. The van der Waals surface area contributed by atoms with Crippen LogP contribution >= 0.6 is 0 Å². The van der Waals surface area contributed by atoms with Gasteiger partial charge in [-0.3, -0.25) is 19.5 Å². The third kappa shape index (κ3) is 4.78. The standard InChI is InChI=1S/C25H24N6O4/c1-3-18(26)21-29-19-12-8-11-17(20(19)23(33)31(21)16-9-6-5-7-10-16)22(32)30-25-27-13-15(14-28-25)24(34)35-4-2/h5-14,18H,3-4,26H2,1-2H3,(H,27,28,30,32)/t18-/m0/s1. The Labute approximate surface area is 200 Å². The van der Waals surface area contributed by atoms with Gasteiger partial charge in [0.25, 0.3) is 11.5 Å². The molecule has 1 amide bonds. The van der Waals surface area contributed by atoms with Crippen LogP contribution in [0.2, 0.25) is 0 Å². The molecule has 3 N–H and O–H groups in total. The number of ether oxygens (including phenoxy) is 1. The quantitative estimate of drug-likeness (QED) is 0.391. The molecule has 0 radical (unpaired) electrons. The number of amides is 1. The van der Waals surface area contributed by atoms with Crippen LogP contribution in [0.1, 0.15) is 52.9 Å². The summed E-state index contributed by atoms with van der Waals surface area (Å²) in [5.41, 5.74) is 7.10. The number of nitrogens with zero attached hydrogens (tertiary/aromatic N) is 4. The Morgan fingerprint density at radius 3 is 2.43 bits per heavy atom. The lowest BCUT2D eigenvalue weighted by atomic mass is 10.1. The molecule has 0 aliphatic heterocycles. The normalized spacial score (nSPS) is 11.7. The monoisotopic (exact) mass is 472 g/mol. The number of para-hydroxylation sites is 1. The lowest BCUT2D eigenvalue weighted by Gasteiger charge is -2.18. The molecule has 0 unspecified atom stereocenters. The van der Waals surface area contributed by atoms with E-state index < -0.39 is 23.5 Å². The number of hydrogen-bond donors (Lipinski definition) is 2. The van der Waals surface area contributed by atoms with Gasteiger partial charge in [0.2, 0.25) is 5.95 Å². The van der Waals surface area contributed by atoms with E-state index in [-0.39, 0.29) is 29.1 Å². The lowest BCUT2D eigenvalue weighted by molar-refractivity contribution is 0.0525. The molecule has 4 aromatic rings. The molecule has 2 heterocycles. The second-order valence-corrected chi connectivity index (χ2v) is 7.63. The first-order chi connectivity index (χ1) is 16.9. The van der Waals surface area contributed by atoms with Crippen LogP contribution in [0, 0.1) is 0 Å². The summed E-state index contributed by atoms with van der Waals surface area (Å²) in [6.07, 6.45) is 3.09. The van der Waals surface area contributed by atoms with Gasteiger partial charge in [-0.05, 0) is 37.6 Å². The Hall–Kier alpha value is -4.44. The van der Waals surface area contributed by atoms with E-state index in [1.807, 2.05) is 25.1 Å². The summed E-state index contributed by atoms with van der Waals surface area (Å²) in [7, 11) is 0. The molecule has 10 heteroatoms. The highest BCUT2D eigenvalue weighted by molar-refractivity contribution is 6.11. The third-order valence-electron chi connectivity index (χ3n) is 5.34. The van der Waals surface area contributed by atoms with Gasteiger partial charge in [-0.25, -0.2) is 19.7 Å². The SMILES string of the molecule is CCOC(=O)c1cnc(NC(=O)c2cccc3nc([C@@H](N)CC)n(-c4ccccc4)c(=O)c23)nc1. The molecule has 2 aromatic heterocycles. The van der Waals surface area contributed by atoms with Crippen molar-refractivity contribution in [2.24, 2.45) is 5.73 Å². The van der Waals surface area contributed by atoms with Gasteiger partial charge in [0.05, 0.1) is 40.4 Å².